The van der Waals surface area contributed by atoms with Crippen LogP contribution in [-0.2, 0) is 11.8 Å². The fraction of sp³-hybridized carbons (Fsp3) is 0.733. The van der Waals surface area contributed by atoms with Crippen molar-refractivity contribution in [2.24, 2.45) is 7.05 Å². The van der Waals surface area contributed by atoms with E-state index < -0.39 is 5.60 Å². The number of piperidine rings is 1. The number of carbonyl (C=O) groups is 1. The molecule has 0 radical (unpaired) electrons. The normalized spacial score (nSPS) is 22.5. The van der Waals surface area contributed by atoms with Gasteiger partial charge in [0.05, 0.1) is 17.2 Å². The van der Waals surface area contributed by atoms with E-state index in [0.717, 1.165) is 17.3 Å². The molecule has 0 N–H and O–H groups in total. The van der Waals surface area contributed by atoms with Crippen molar-refractivity contribution < 1.29 is 14.3 Å². The molecule has 2 atom stereocenters. The van der Waals surface area contributed by atoms with Crippen LogP contribution in [0.15, 0.2) is 10.7 Å². The second kappa shape index (κ2) is 6.48. The molecule has 0 aromatic carbocycles. The largest absolute Gasteiger partial charge is 0.472 e. The van der Waals surface area contributed by atoms with Crippen molar-refractivity contribution in [3.63, 3.8) is 0 Å². The molecular formula is C15H24BrN3O3. The van der Waals surface area contributed by atoms with Gasteiger partial charge in [-0.05, 0) is 56.5 Å². The van der Waals surface area contributed by atoms with Crippen molar-refractivity contribution in [1.29, 1.82) is 0 Å². The molecule has 7 heteroatoms. The van der Waals surface area contributed by atoms with E-state index in [9.17, 15) is 4.79 Å². The number of hydrogen-bond acceptors (Lipinski definition) is 4. The van der Waals surface area contributed by atoms with Gasteiger partial charge < -0.3 is 14.4 Å². The molecular weight excluding hydrogens is 350 g/mol. The van der Waals surface area contributed by atoms with E-state index in [1.807, 2.05) is 34.7 Å². The number of ether oxygens (including phenoxy) is 2. The summed E-state index contributed by atoms with van der Waals surface area (Å²) >= 11 is 3.43. The quantitative estimate of drug-likeness (QED) is 0.797. The predicted octanol–water partition coefficient (Wildman–Crippen LogP) is 3.35. The Morgan fingerprint density at radius 1 is 1.41 bits per heavy atom. The van der Waals surface area contributed by atoms with Crippen LogP contribution in [0.1, 0.15) is 40.5 Å². The minimum absolute atomic E-state index is 0.0598. The van der Waals surface area contributed by atoms with E-state index >= 15 is 0 Å². The van der Waals surface area contributed by atoms with Gasteiger partial charge in [0.1, 0.15) is 11.7 Å². The zero-order valence-electron chi connectivity index (χ0n) is 13.8. The summed E-state index contributed by atoms with van der Waals surface area (Å²) < 4.78 is 14.0. The zero-order chi connectivity index (χ0) is 16.5. The van der Waals surface area contributed by atoms with Gasteiger partial charge in [-0.3, -0.25) is 0 Å². The maximum absolute atomic E-state index is 12.3. The van der Waals surface area contributed by atoms with Crippen LogP contribution in [0.3, 0.4) is 0 Å². The van der Waals surface area contributed by atoms with Gasteiger partial charge in [-0.1, -0.05) is 0 Å². The Morgan fingerprint density at radius 3 is 2.64 bits per heavy atom. The van der Waals surface area contributed by atoms with Gasteiger partial charge in [0, 0.05) is 13.1 Å². The number of hydrogen-bond donors (Lipinski definition) is 0. The molecule has 1 aliphatic heterocycles. The van der Waals surface area contributed by atoms with Crippen molar-refractivity contribution in [3.8, 4) is 5.88 Å². The summed E-state index contributed by atoms with van der Waals surface area (Å²) in [6.07, 6.45) is 3.15. The van der Waals surface area contributed by atoms with Crippen LogP contribution in [0.5, 0.6) is 5.88 Å². The second-order valence-electron chi connectivity index (χ2n) is 6.72. The lowest BCUT2D eigenvalue weighted by Gasteiger charge is -2.38. The molecule has 1 aromatic heterocycles. The minimum Gasteiger partial charge on any atom is -0.472 e. The van der Waals surface area contributed by atoms with E-state index in [-0.39, 0.29) is 18.2 Å². The monoisotopic (exact) mass is 373 g/mol. The molecule has 1 saturated heterocycles. The molecule has 0 bridgehead atoms. The SMILES string of the molecule is CC1CCC(Oc2c(Br)cnn2C)CN1C(=O)OC(C)(C)C. The molecule has 1 aliphatic rings. The first kappa shape index (κ1) is 17.1. The maximum Gasteiger partial charge on any atom is 0.410 e. The first-order chi connectivity index (χ1) is 10.2. The third-order valence-corrected chi connectivity index (χ3v) is 4.13. The average Bonchev–Trinajstić information content (AvgIpc) is 2.70. The first-order valence-electron chi connectivity index (χ1n) is 7.51. The number of aryl methyl sites for hydroxylation is 1. The molecule has 2 unspecified atom stereocenters. The summed E-state index contributed by atoms with van der Waals surface area (Å²) in [5, 5.41) is 4.14. The molecule has 2 rings (SSSR count). The molecule has 22 heavy (non-hydrogen) atoms. The van der Waals surface area contributed by atoms with Crippen molar-refractivity contribution >= 4 is 22.0 Å². The average molecular weight is 374 g/mol. The Bertz CT molecular complexity index is 519. The van der Waals surface area contributed by atoms with E-state index in [4.69, 9.17) is 9.47 Å². The fourth-order valence-electron chi connectivity index (χ4n) is 2.43. The summed E-state index contributed by atoms with van der Waals surface area (Å²) in [6, 6.07) is 0.157. The van der Waals surface area contributed by atoms with E-state index in [2.05, 4.69) is 21.0 Å². The topological polar surface area (TPSA) is 56.6 Å². The highest BCUT2D eigenvalue weighted by molar-refractivity contribution is 9.10. The number of nitrogens with zero attached hydrogens (tertiary/aromatic N) is 3. The van der Waals surface area contributed by atoms with Gasteiger partial charge in [-0.25, -0.2) is 9.48 Å². The highest BCUT2D eigenvalue weighted by Gasteiger charge is 2.33. The van der Waals surface area contributed by atoms with Gasteiger partial charge in [0.25, 0.3) is 0 Å². The smallest absolute Gasteiger partial charge is 0.410 e. The van der Waals surface area contributed by atoms with Gasteiger partial charge >= 0.3 is 6.09 Å². The summed E-state index contributed by atoms with van der Waals surface area (Å²) in [6.45, 7) is 8.19. The molecule has 6 nitrogen and oxygen atoms in total. The third kappa shape index (κ3) is 4.15. The van der Waals surface area contributed by atoms with Crippen molar-refractivity contribution in [3.05, 3.63) is 10.7 Å². The van der Waals surface area contributed by atoms with Crippen LogP contribution in [-0.4, -0.2) is 45.1 Å². The standard InChI is InChI=1S/C15H24BrN3O3/c1-10-6-7-11(21-13-12(16)8-17-18(13)5)9-19(10)14(20)22-15(2,3)4/h8,10-11H,6-7,9H2,1-5H3. The summed E-state index contributed by atoms with van der Waals surface area (Å²) in [4.78, 5) is 14.1. The third-order valence-electron chi connectivity index (χ3n) is 3.59. The molecule has 0 spiro atoms. The Kier molecular flexibility index (Phi) is 5.04. The number of halogens is 1. The molecule has 2 heterocycles. The molecule has 1 aromatic rings. The fourth-order valence-corrected chi connectivity index (χ4v) is 2.88. The zero-order valence-corrected chi connectivity index (χ0v) is 15.4. The highest BCUT2D eigenvalue weighted by atomic mass is 79.9. The van der Waals surface area contributed by atoms with Crippen LogP contribution in [0.25, 0.3) is 0 Å². The van der Waals surface area contributed by atoms with Crippen LogP contribution >= 0.6 is 15.9 Å². The van der Waals surface area contributed by atoms with Crippen molar-refractivity contribution in [1.82, 2.24) is 14.7 Å². The number of carbonyl (C=O) groups excluding carboxylic acids is 1. The van der Waals surface area contributed by atoms with Gasteiger partial charge in [-0.15, -0.1) is 0 Å². The lowest BCUT2D eigenvalue weighted by atomic mass is 10.0. The maximum atomic E-state index is 12.3. The molecule has 1 amide bonds. The number of likely N-dealkylation sites (tertiary alicyclic amines) is 1. The number of amides is 1. The number of aromatic nitrogens is 2. The summed E-state index contributed by atoms with van der Waals surface area (Å²) in [5.41, 5.74) is -0.490. The number of rotatable bonds is 2. The lowest BCUT2D eigenvalue weighted by molar-refractivity contribution is -0.00659. The summed E-state index contributed by atoms with van der Waals surface area (Å²) in [5.74, 6) is 0.684. The lowest BCUT2D eigenvalue weighted by Crippen LogP contribution is -2.50. The van der Waals surface area contributed by atoms with Crippen LogP contribution in [0.2, 0.25) is 0 Å². The van der Waals surface area contributed by atoms with Crippen LogP contribution in [0.4, 0.5) is 4.79 Å². The molecule has 0 saturated carbocycles. The predicted molar refractivity (Wildman–Crippen MR) is 87.0 cm³/mol. The second-order valence-corrected chi connectivity index (χ2v) is 7.57. The molecule has 0 aliphatic carbocycles. The Balaban J connectivity index is 2.03. The van der Waals surface area contributed by atoms with Crippen LogP contribution < -0.4 is 4.74 Å². The van der Waals surface area contributed by atoms with E-state index in [1.54, 1.807) is 15.8 Å². The Morgan fingerprint density at radius 2 is 2.09 bits per heavy atom. The summed E-state index contributed by atoms with van der Waals surface area (Å²) in [7, 11) is 1.83. The van der Waals surface area contributed by atoms with Gasteiger partial charge in [0.15, 0.2) is 0 Å². The first-order valence-corrected chi connectivity index (χ1v) is 8.30. The highest BCUT2D eigenvalue weighted by Crippen LogP contribution is 2.28. The molecule has 124 valence electrons. The van der Waals surface area contributed by atoms with Gasteiger partial charge in [-0.2, -0.15) is 5.10 Å². The van der Waals surface area contributed by atoms with Gasteiger partial charge in [0.2, 0.25) is 5.88 Å². The Labute approximate surface area is 139 Å². The Hall–Kier alpha value is -1.24. The van der Waals surface area contributed by atoms with E-state index in [1.165, 1.54) is 0 Å². The van der Waals surface area contributed by atoms with E-state index in [0.29, 0.717) is 12.4 Å². The van der Waals surface area contributed by atoms with Crippen LogP contribution in [0, 0.1) is 0 Å². The molecule has 1 fully saturated rings. The van der Waals surface area contributed by atoms with Crippen molar-refractivity contribution in [2.45, 2.75) is 58.3 Å². The van der Waals surface area contributed by atoms with Crippen molar-refractivity contribution in [2.75, 3.05) is 6.54 Å². The minimum atomic E-state index is -0.490.